The normalized spacial score (nSPS) is 10.1. The van der Waals surface area contributed by atoms with E-state index in [1.165, 1.54) is 12.3 Å². The number of amides is 2. The van der Waals surface area contributed by atoms with Gasteiger partial charge in [0.15, 0.2) is 0 Å². The number of nitrogens with one attached hydrogen (secondary N) is 2. The van der Waals surface area contributed by atoms with Crippen LogP contribution in [0.2, 0.25) is 5.15 Å². The predicted octanol–water partition coefficient (Wildman–Crippen LogP) is 0.898. The van der Waals surface area contributed by atoms with Crippen LogP contribution in [0.25, 0.3) is 0 Å². The standard InChI is InChI=1S/C8H11ClN4O2/c1-5(2)11-8(14)12-6-3-7(9)13(15)10-4-6/h3-5H,1-2H3,(H2,11,12,14). The van der Waals surface area contributed by atoms with Gasteiger partial charge in [0, 0.05) is 11.1 Å². The molecule has 0 unspecified atom stereocenters. The van der Waals surface area contributed by atoms with Crippen LogP contribution in [0.3, 0.4) is 0 Å². The van der Waals surface area contributed by atoms with Crippen molar-refractivity contribution in [3.8, 4) is 0 Å². The SMILES string of the molecule is CC(C)NC(=O)Nc1cn[n+]([O-])c(Cl)c1. The second-order valence-electron chi connectivity index (χ2n) is 3.19. The molecule has 6 nitrogen and oxygen atoms in total. The topological polar surface area (TPSA) is 81.0 Å². The molecule has 0 spiro atoms. The van der Waals surface area contributed by atoms with Gasteiger partial charge in [0.1, 0.15) is 6.20 Å². The Bertz CT molecular complexity index is 370. The minimum atomic E-state index is -0.369. The van der Waals surface area contributed by atoms with Crippen molar-refractivity contribution in [2.24, 2.45) is 0 Å². The number of aromatic nitrogens is 2. The van der Waals surface area contributed by atoms with E-state index in [0.717, 1.165) is 0 Å². The Balaban J connectivity index is 2.65. The minimum absolute atomic E-state index is 0.0292. The summed E-state index contributed by atoms with van der Waals surface area (Å²) in [6.07, 6.45) is 1.22. The minimum Gasteiger partial charge on any atom is -0.593 e. The van der Waals surface area contributed by atoms with Crippen LogP contribution in [-0.4, -0.2) is 17.2 Å². The van der Waals surface area contributed by atoms with Crippen molar-refractivity contribution >= 4 is 23.3 Å². The molecule has 1 rings (SSSR count). The molecule has 7 heteroatoms. The maximum atomic E-state index is 11.2. The van der Waals surface area contributed by atoms with E-state index < -0.39 is 0 Å². The second-order valence-corrected chi connectivity index (χ2v) is 3.58. The first-order chi connectivity index (χ1) is 6.99. The fraction of sp³-hybridized carbons (Fsp3) is 0.375. The zero-order valence-corrected chi connectivity index (χ0v) is 9.08. The molecule has 0 aliphatic rings. The van der Waals surface area contributed by atoms with Crippen LogP contribution >= 0.6 is 11.6 Å². The highest BCUT2D eigenvalue weighted by Gasteiger charge is 2.08. The van der Waals surface area contributed by atoms with Crippen molar-refractivity contribution < 1.29 is 9.64 Å². The molecule has 0 bridgehead atoms. The number of nitrogens with zero attached hydrogens (tertiary/aromatic N) is 2. The first kappa shape index (κ1) is 11.5. The highest BCUT2D eigenvalue weighted by molar-refractivity contribution is 6.28. The molecular weight excluding hydrogens is 220 g/mol. The second kappa shape index (κ2) is 4.79. The first-order valence-corrected chi connectivity index (χ1v) is 4.69. The molecule has 0 saturated carbocycles. The Morgan fingerprint density at radius 3 is 2.87 bits per heavy atom. The lowest BCUT2D eigenvalue weighted by Crippen LogP contribution is -2.35. The lowest BCUT2D eigenvalue weighted by Gasteiger charge is -2.09. The lowest BCUT2D eigenvalue weighted by molar-refractivity contribution is -0.666. The Labute approximate surface area is 91.8 Å². The molecule has 2 amide bonds. The van der Waals surface area contributed by atoms with E-state index >= 15 is 0 Å². The van der Waals surface area contributed by atoms with Gasteiger partial charge in [-0.05, 0) is 30.3 Å². The Morgan fingerprint density at radius 1 is 1.67 bits per heavy atom. The summed E-state index contributed by atoms with van der Waals surface area (Å²) < 4.78 is 0. The van der Waals surface area contributed by atoms with Crippen molar-refractivity contribution in [1.82, 2.24) is 10.4 Å². The maximum Gasteiger partial charge on any atom is 0.319 e. The number of hydrogen-bond acceptors (Lipinski definition) is 3. The molecule has 82 valence electrons. The van der Waals surface area contributed by atoms with E-state index in [1.807, 2.05) is 13.8 Å². The average molecular weight is 231 g/mol. The van der Waals surface area contributed by atoms with Crippen molar-refractivity contribution in [3.05, 3.63) is 22.6 Å². The summed E-state index contributed by atoms with van der Waals surface area (Å²) in [6, 6.07) is 0.981. The summed E-state index contributed by atoms with van der Waals surface area (Å²) in [5.41, 5.74) is 0.366. The molecule has 1 aromatic rings. The molecule has 0 aromatic carbocycles. The summed E-state index contributed by atoms with van der Waals surface area (Å²) in [7, 11) is 0. The van der Waals surface area contributed by atoms with Gasteiger partial charge in [-0.15, -0.1) is 0 Å². The van der Waals surface area contributed by atoms with Gasteiger partial charge in [-0.25, -0.2) is 4.79 Å². The summed E-state index contributed by atoms with van der Waals surface area (Å²) in [6.45, 7) is 3.67. The molecular formula is C8H11ClN4O2. The monoisotopic (exact) mass is 230 g/mol. The van der Waals surface area contributed by atoms with Crippen molar-refractivity contribution in [3.63, 3.8) is 0 Å². The van der Waals surface area contributed by atoms with Gasteiger partial charge >= 0.3 is 11.2 Å². The number of carbonyl (C=O) groups is 1. The third kappa shape index (κ3) is 3.59. The van der Waals surface area contributed by atoms with Crippen LogP contribution in [-0.2, 0) is 0 Å². The van der Waals surface area contributed by atoms with Crippen molar-refractivity contribution in [2.75, 3.05) is 5.32 Å². The van der Waals surface area contributed by atoms with E-state index in [0.29, 0.717) is 5.69 Å². The lowest BCUT2D eigenvalue weighted by atomic mass is 10.4. The molecule has 2 N–H and O–H groups in total. The molecule has 0 radical (unpaired) electrons. The van der Waals surface area contributed by atoms with Gasteiger partial charge in [0.05, 0.1) is 11.8 Å². The highest BCUT2D eigenvalue weighted by atomic mass is 35.5. The number of hydrogen-bond donors (Lipinski definition) is 2. The van der Waals surface area contributed by atoms with Crippen LogP contribution in [0, 0.1) is 5.21 Å². The van der Waals surface area contributed by atoms with Crippen molar-refractivity contribution in [1.29, 1.82) is 0 Å². The van der Waals surface area contributed by atoms with Gasteiger partial charge in [0.25, 0.3) is 0 Å². The molecule has 0 aliphatic heterocycles. The molecule has 0 aliphatic carbocycles. The van der Waals surface area contributed by atoms with E-state index in [-0.39, 0.29) is 22.1 Å². The smallest absolute Gasteiger partial charge is 0.319 e. The fourth-order valence-electron chi connectivity index (χ4n) is 0.888. The number of urea groups is 1. The number of carbonyl (C=O) groups excluding carboxylic acids is 1. The Hall–Kier alpha value is -1.56. The third-order valence-electron chi connectivity index (χ3n) is 1.44. The summed E-state index contributed by atoms with van der Waals surface area (Å²) in [4.78, 5) is 11.5. The van der Waals surface area contributed by atoms with E-state index in [2.05, 4.69) is 15.7 Å². The Morgan fingerprint density at radius 2 is 2.33 bits per heavy atom. The summed E-state index contributed by atoms with van der Waals surface area (Å²) in [5, 5.41) is 19.2. The molecule has 0 fully saturated rings. The molecule has 1 heterocycles. The zero-order chi connectivity index (χ0) is 11.4. The fourth-order valence-corrected chi connectivity index (χ4v) is 1.05. The van der Waals surface area contributed by atoms with Gasteiger partial charge in [-0.1, -0.05) is 0 Å². The first-order valence-electron chi connectivity index (χ1n) is 4.32. The number of anilines is 1. The van der Waals surface area contributed by atoms with Gasteiger partial charge in [-0.2, -0.15) is 0 Å². The quantitative estimate of drug-likeness (QED) is 0.585. The van der Waals surface area contributed by atoms with Gasteiger partial charge in [0.2, 0.25) is 0 Å². The van der Waals surface area contributed by atoms with E-state index in [9.17, 15) is 10.0 Å². The van der Waals surface area contributed by atoms with Crippen LogP contribution in [0.4, 0.5) is 10.5 Å². The van der Waals surface area contributed by atoms with E-state index in [1.54, 1.807) is 0 Å². The third-order valence-corrected chi connectivity index (χ3v) is 1.69. The summed E-state index contributed by atoms with van der Waals surface area (Å²) in [5.74, 6) is 0. The average Bonchev–Trinajstić information content (AvgIpc) is 2.10. The number of halogens is 1. The van der Waals surface area contributed by atoms with Gasteiger partial charge in [-0.3, -0.25) is 0 Å². The van der Waals surface area contributed by atoms with E-state index in [4.69, 9.17) is 11.6 Å². The van der Waals surface area contributed by atoms with Crippen LogP contribution in [0.1, 0.15) is 13.8 Å². The highest BCUT2D eigenvalue weighted by Crippen LogP contribution is 2.08. The molecule has 1 aromatic heterocycles. The predicted molar refractivity (Wildman–Crippen MR) is 55.5 cm³/mol. The number of rotatable bonds is 2. The van der Waals surface area contributed by atoms with Crippen LogP contribution < -0.4 is 15.5 Å². The molecule has 0 saturated heterocycles. The molecule has 15 heavy (non-hydrogen) atoms. The van der Waals surface area contributed by atoms with Crippen LogP contribution in [0.15, 0.2) is 12.3 Å². The van der Waals surface area contributed by atoms with Crippen molar-refractivity contribution in [2.45, 2.75) is 19.9 Å². The largest absolute Gasteiger partial charge is 0.593 e. The maximum absolute atomic E-state index is 11.2. The van der Waals surface area contributed by atoms with Gasteiger partial charge < -0.3 is 15.8 Å². The molecule has 0 atom stereocenters. The Kier molecular flexibility index (Phi) is 3.68. The van der Waals surface area contributed by atoms with Crippen LogP contribution in [0.5, 0.6) is 0 Å². The zero-order valence-electron chi connectivity index (χ0n) is 8.32. The summed E-state index contributed by atoms with van der Waals surface area (Å²) >= 11 is 5.52.